The third-order valence-corrected chi connectivity index (χ3v) is 6.84. The van der Waals surface area contributed by atoms with Crippen molar-refractivity contribution >= 4 is 31.2 Å². The molecule has 0 aromatic rings. The Morgan fingerprint density at radius 1 is 0.889 bits per heavy atom. The Morgan fingerprint density at radius 3 is 1.81 bits per heavy atom. The molecule has 3 atom stereocenters. The third-order valence-electron chi connectivity index (χ3n) is 3.94. The van der Waals surface area contributed by atoms with Crippen LogP contribution in [0.5, 0.6) is 0 Å². The van der Waals surface area contributed by atoms with Gasteiger partial charge in [-0.25, -0.2) is 0 Å². The molecule has 0 aliphatic carbocycles. The monoisotopic (exact) mass is 409 g/mol. The largest absolute Gasteiger partial charge is 0.469 e. The second kappa shape index (κ2) is 12.5. The van der Waals surface area contributed by atoms with Crippen LogP contribution in [0.3, 0.4) is 0 Å². The second-order valence-electron chi connectivity index (χ2n) is 5.76. The molecule has 10 nitrogen and oxygen atoms in total. The van der Waals surface area contributed by atoms with Crippen molar-refractivity contribution in [2.75, 3.05) is 34.6 Å². The van der Waals surface area contributed by atoms with Gasteiger partial charge in [-0.05, 0) is 12.8 Å². The topological polar surface area (TPSA) is 134 Å². The summed E-state index contributed by atoms with van der Waals surface area (Å²) < 4.78 is 32.4. The SMILES string of the molecule is COC(=O)CCC(CP(=O)(OC)C(CCC(=O)OC)NC(C)=O)C(=O)OC. The van der Waals surface area contributed by atoms with E-state index < -0.39 is 42.9 Å². The van der Waals surface area contributed by atoms with Gasteiger partial charge in [-0.15, -0.1) is 0 Å². The van der Waals surface area contributed by atoms with Crippen molar-refractivity contribution < 1.29 is 42.5 Å². The van der Waals surface area contributed by atoms with Gasteiger partial charge in [0, 0.05) is 33.0 Å². The van der Waals surface area contributed by atoms with Crippen molar-refractivity contribution in [3.8, 4) is 0 Å². The Labute approximate surface area is 158 Å². The van der Waals surface area contributed by atoms with Gasteiger partial charge in [0.25, 0.3) is 0 Å². The lowest BCUT2D eigenvalue weighted by Crippen LogP contribution is -2.36. The highest BCUT2D eigenvalue weighted by molar-refractivity contribution is 7.59. The van der Waals surface area contributed by atoms with Gasteiger partial charge in [0.1, 0.15) is 5.78 Å². The first-order valence-electron chi connectivity index (χ1n) is 8.26. The maximum Gasteiger partial charge on any atom is 0.309 e. The molecule has 0 aliphatic heterocycles. The number of hydrogen-bond acceptors (Lipinski definition) is 9. The maximum absolute atomic E-state index is 13.4. The summed E-state index contributed by atoms with van der Waals surface area (Å²) >= 11 is 0. The van der Waals surface area contributed by atoms with Gasteiger partial charge < -0.3 is 24.1 Å². The van der Waals surface area contributed by atoms with Gasteiger partial charge in [-0.2, -0.15) is 0 Å². The summed E-state index contributed by atoms with van der Waals surface area (Å²) in [7, 11) is 1.19. The van der Waals surface area contributed by atoms with Crippen LogP contribution in [0.15, 0.2) is 0 Å². The van der Waals surface area contributed by atoms with Crippen LogP contribution in [0.4, 0.5) is 0 Å². The summed E-state index contributed by atoms with van der Waals surface area (Å²) in [6.07, 6.45) is -0.398. The van der Waals surface area contributed by atoms with E-state index in [2.05, 4.69) is 14.8 Å². The molecule has 0 spiro atoms. The van der Waals surface area contributed by atoms with Crippen LogP contribution in [0.2, 0.25) is 0 Å². The van der Waals surface area contributed by atoms with Crippen LogP contribution in [0, 0.1) is 5.92 Å². The normalized spacial score (nSPS) is 15.0. The number of amides is 1. The molecule has 3 unspecified atom stereocenters. The lowest BCUT2D eigenvalue weighted by atomic mass is 10.1. The Hall–Kier alpha value is -1.93. The average molecular weight is 409 g/mol. The number of carbonyl (C=O) groups excluding carboxylic acids is 4. The highest BCUT2D eigenvalue weighted by Crippen LogP contribution is 2.53. The fourth-order valence-corrected chi connectivity index (χ4v) is 4.94. The summed E-state index contributed by atoms with van der Waals surface area (Å²) in [6.45, 7) is 1.24. The number of rotatable bonds is 12. The number of nitrogens with one attached hydrogen (secondary N) is 1. The predicted octanol–water partition coefficient (Wildman–Crippen LogP) is 1.07. The van der Waals surface area contributed by atoms with E-state index in [1.165, 1.54) is 35.4 Å². The predicted molar refractivity (Wildman–Crippen MR) is 95.1 cm³/mol. The van der Waals surface area contributed by atoms with E-state index in [0.717, 1.165) is 0 Å². The van der Waals surface area contributed by atoms with Crippen molar-refractivity contribution in [3.63, 3.8) is 0 Å². The molecule has 0 heterocycles. The van der Waals surface area contributed by atoms with Crippen molar-refractivity contribution in [2.45, 2.75) is 38.4 Å². The molecular formula is C16H28NO9P. The zero-order valence-electron chi connectivity index (χ0n) is 16.3. The average Bonchev–Trinajstić information content (AvgIpc) is 2.66. The van der Waals surface area contributed by atoms with Crippen LogP contribution in [0.25, 0.3) is 0 Å². The summed E-state index contributed by atoms with van der Waals surface area (Å²) in [5, 5.41) is 2.51. The van der Waals surface area contributed by atoms with Gasteiger partial charge in [0.2, 0.25) is 13.3 Å². The standard InChI is InChI=1S/C16H28NO9P/c1-11(18)17-13(7-9-15(20)24-3)27(22,26-5)10-12(16(21)25-4)6-8-14(19)23-2/h12-13H,6-10H2,1-5H3,(H,17,18). The molecule has 0 saturated carbocycles. The fourth-order valence-electron chi connectivity index (χ4n) is 2.44. The zero-order chi connectivity index (χ0) is 21.0. The van der Waals surface area contributed by atoms with E-state index in [-0.39, 0.29) is 31.8 Å². The molecule has 0 aromatic carbocycles. The minimum atomic E-state index is -3.62. The first kappa shape index (κ1) is 25.1. The number of carbonyl (C=O) groups is 4. The maximum atomic E-state index is 13.4. The first-order valence-corrected chi connectivity index (χ1v) is 10.1. The van der Waals surface area contributed by atoms with Crippen molar-refractivity contribution in [1.29, 1.82) is 0 Å². The number of methoxy groups -OCH3 is 3. The van der Waals surface area contributed by atoms with Gasteiger partial charge >= 0.3 is 17.9 Å². The van der Waals surface area contributed by atoms with E-state index in [1.54, 1.807) is 0 Å². The molecule has 156 valence electrons. The summed E-state index contributed by atoms with van der Waals surface area (Å²) in [6, 6.07) is 0. The van der Waals surface area contributed by atoms with Crippen LogP contribution in [-0.4, -0.2) is 64.2 Å². The smallest absolute Gasteiger partial charge is 0.309 e. The minimum Gasteiger partial charge on any atom is -0.469 e. The van der Waals surface area contributed by atoms with E-state index in [0.29, 0.717) is 0 Å². The Bertz CT molecular complexity index is 578. The van der Waals surface area contributed by atoms with Crippen molar-refractivity contribution in [3.05, 3.63) is 0 Å². The Morgan fingerprint density at radius 2 is 1.41 bits per heavy atom. The quantitative estimate of drug-likeness (QED) is 0.285. The molecule has 0 fully saturated rings. The molecule has 0 aromatic heterocycles. The summed E-state index contributed by atoms with van der Waals surface area (Å²) in [4.78, 5) is 46.3. The van der Waals surface area contributed by atoms with Crippen LogP contribution in [0.1, 0.15) is 32.6 Å². The molecule has 1 amide bonds. The minimum absolute atomic E-state index is 0.00225. The lowest BCUT2D eigenvalue weighted by Gasteiger charge is -2.29. The molecule has 11 heteroatoms. The molecule has 0 rings (SSSR count). The molecule has 0 bridgehead atoms. The van der Waals surface area contributed by atoms with Crippen molar-refractivity contribution in [2.24, 2.45) is 5.92 Å². The number of hydrogen-bond donors (Lipinski definition) is 1. The zero-order valence-corrected chi connectivity index (χ0v) is 17.2. The third kappa shape index (κ3) is 9.01. The fraction of sp³-hybridized carbons (Fsp3) is 0.750. The van der Waals surface area contributed by atoms with Crippen LogP contribution < -0.4 is 5.32 Å². The number of ether oxygens (including phenoxy) is 3. The molecule has 27 heavy (non-hydrogen) atoms. The molecular weight excluding hydrogens is 381 g/mol. The van der Waals surface area contributed by atoms with Gasteiger partial charge in [0.15, 0.2) is 0 Å². The van der Waals surface area contributed by atoms with Crippen molar-refractivity contribution in [1.82, 2.24) is 5.32 Å². The van der Waals surface area contributed by atoms with Gasteiger partial charge in [-0.1, -0.05) is 0 Å². The molecule has 0 radical (unpaired) electrons. The van der Waals surface area contributed by atoms with E-state index in [4.69, 9.17) is 9.26 Å². The summed E-state index contributed by atoms with van der Waals surface area (Å²) in [5.41, 5.74) is 0. The second-order valence-corrected chi connectivity index (χ2v) is 8.56. The van der Waals surface area contributed by atoms with Gasteiger partial charge in [-0.3, -0.25) is 23.7 Å². The first-order chi connectivity index (χ1) is 12.6. The highest BCUT2D eigenvalue weighted by Gasteiger charge is 2.39. The Balaban J connectivity index is 5.47. The van der Waals surface area contributed by atoms with E-state index in [1.807, 2.05) is 0 Å². The molecule has 0 aliphatic rings. The highest BCUT2D eigenvalue weighted by atomic mass is 31.2. The lowest BCUT2D eigenvalue weighted by molar-refractivity contribution is -0.146. The van der Waals surface area contributed by atoms with E-state index >= 15 is 0 Å². The van der Waals surface area contributed by atoms with Gasteiger partial charge in [0.05, 0.1) is 27.2 Å². The summed E-state index contributed by atoms with van der Waals surface area (Å²) in [5.74, 6) is -4.10. The van der Waals surface area contributed by atoms with Crippen LogP contribution in [-0.2, 0) is 42.5 Å². The Kier molecular flexibility index (Phi) is 11.6. The molecule has 0 saturated heterocycles. The molecule has 1 N–H and O–H groups in total. The number of esters is 3. The van der Waals surface area contributed by atoms with Crippen LogP contribution >= 0.6 is 7.37 Å². The van der Waals surface area contributed by atoms with E-state index in [9.17, 15) is 23.7 Å².